The molecule has 2 rings (SSSR count). The van der Waals surface area contributed by atoms with Crippen LogP contribution in [-0.2, 0) is 22.6 Å². The second-order valence-electron chi connectivity index (χ2n) is 4.66. The zero-order valence-corrected chi connectivity index (χ0v) is 11.9. The maximum absolute atomic E-state index is 11.2. The summed E-state index contributed by atoms with van der Waals surface area (Å²) in [6.07, 6.45) is -0.950. The highest BCUT2D eigenvalue weighted by molar-refractivity contribution is 5.74. The second-order valence-corrected chi connectivity index (χ2v) is 4.66. The molecule has 4 nitrogen and oxygen atoms in total. The molecule has 1 atom stereocenters. The minimum atomic E-state index is -1.15. The van der Waals surface area contributed by atoms with Crippen molar-refractivity contribution < 1.29 is 19.4 Å². The van der Waals surface area contributed by atoms with Crippen LogP contribution in [0.3, 0.4) is 0 Å². The Balaban J connectivity index is 1.96. The average Bonchev–Trinajstić information content (AvgIpc) is 2.53. The highest BCUT2D eigenvalue weighted by Crippen LogP contribution is 2.16. The van der Waals surface area contributed by atoms with Gasteiger partial charge in [-0.2, -0.15) is 0 Å². The van der Waals surface area contributed by atoms with Gasteiger partial charge in [-0.05, 0) is 23.3 Å². The van der Waals surface area contributed by atoms with Crippen LogP contribution in [0.1, 0.15) is 11.1 Å². The van der Waals surface area contributed by atoms with Gasteiger partial charge in [0.2, 0.25) is 0 Å². The van der Waals surface area contributed by atoms with Gasteiger partial charge in [-0.15, -0.1) is 0 Å². The molecule has 21 heavy (non-hydrogen) atoms. The fourth-order valence-electron chi connectivity index (χ4n) is 1.95. The zero-order chi connectivity index (χ0) is 15.1. The number of benzene rings is 2. The van der Waals surface area contributed by atoms with Crippen LogP contribution >= 0.6 is 0 Å². The molecule has 0 aliphatic heterocycles. The Kier molecular flexibility index (Phi) is 5.35. The van der Waals surface area contributed by atoms with Crippen LogP contribution in [0.25, 0.3) is 0 Å². The van der Waals surface area contributed by atoms with Crippen LogP contribution in [0, 0.1) is 0 Å². The number of hydrogen-bond acceptors (Lipinski definition) is 4. The third-order valence-corrected chi connectivity index (χ3v) is 3.05. The number of rotatable bonds is 6. The molecule has 1 N–H and O–H groups in total. The van der Waals surface area contributed by atoms with E-state index in [2.05, 4.69) is 4.74 Å². The quantitative estimate of drug-likeness (QED) is 0.828. The third kappa shape index (κ3) is 4.61. The SMILES string of the molecule is COC(=O)C(O)Cc1cccc(OCc2ccccc2)c1. The number of esters is 1. The maximum atomic E-state index is 11.2. The first-order valence-corrected chi connectivity index (χ1v) is 6.70. The summed E-state index contributed by atoms with van der Waals surface area (Å²) in [5, 5.41) is 9.65. The molecule has 2 aromatic rings. The molecule has 0 fully saturated rings. The van der Waals surface area contributed by atoms with Gasteiger partial charge in [0.1, 0.15) is 12.4 Å². The van der Waals surface area contributed by atoms with Crippen molar-refractivity contribution in [3.63, 3.8) is 0 Å². The molecule has 2 aromatic carbocycles. The van der Waals surface area contributed by atoms with Crippen molar-refractivity contribution in [3.05, 3.63) is 65.7 Å². The van der Waals surface area contributed by atoms with Gasteiger partial charge < -0.3 is 14.6 Å². The van der Waals surface area contributed by atoms with Crippen molar-refractivity contribution in [2.75, 3.05) is 7.11 Å². The summed E-state index contributed by atoms with van der Waals surface area (Å²) in [6.45, 7) is 0.476. The molecule has 0 saturated carbocycles. The standard InChI is InChI=1S/C17H18O4/c1-20-17(19)16(18)11-14-8-5-9-15(10-14)21-12-13-6-3-2-4-7-13/h2-10,16,18H,11-12H2,1H3. The van der Waals surface area contributed by atoms with Crippen molar-refractivity contribution >= 4 is 5.97 Å². The molecule has 0 heterocycles. The molecule has 0 bridgehead atoms. The van der Waals surface area contributed by atoms with Crippen molar-refractivity contribution in [1.82, 2.24) is 0 Å². The summed E-state index contributed by atoms with van der Waals surface area (Å²) in [5.74, 6) is 0.0685. The van der Waals surface area contributed by atoms with Crippen LogP contribution in [0.2, 0.25) is 0 Å². The van der Waals surface area contributed by atoms with E-state index >= 15 is 0 Å². The number of ether oxygens (including phenoxy) is 2. The second kappa shape index (κ2) is 7.45. The van der Waals surface area contributed by atoms with Gasteiger partial charge in [0.15, 0.2) is 6.10 Å². The van der Waals surface area contributed by atoms with E-state index in [9.17, 15) is 9.90 Å². The monoisotopic (exact) mass is 286 g/mol. The van der Waals surface area contributed by atoms with Gasteiger partial charge >= 0.3 is 5.97 Å². The smallest absolute Gasteiger partial charge is 0.335 e. The topological polar surface area (TPSA) is 55.8 Å². The molecule has 1 unspecified atom stereocenters. The summed E-state index contributed by atoms with van der Waals surface area (Å²) < 4.78 is 10.2. The molecule has 0 spiro atoms. The zero-order valence-electron chi connectivity index (χ0n) is 11.9. The van der Waals surface area contributed by atoms with E-state index in [1.807, 2.05) is 54.6 Å². The number of methoxy groups -OCH3 is 1. The van der Waals surface area contributed by atoms with E-state index in [1.165, 1.54) is 7.11 Å². The van der Waals surface area contributed by atoms with E-state index in [1.54, 1.807) is 0 Å². The Labute approximate surface area is 123 Å². The lowest BCUT2D eigenvalue weighted by molar-refractivity contribution is -0.150. The lowest BCUT2D eigenvalue weighted by Crippen LogP contribution is -2.24. The summed E-state index contributed by atoms with van der Waals surface area (Å²) in [5.41, 5.74) is 1.90. The summed E-state index contributed by atoms with van der Waals surface area (Å²) in [7, 11) is 1.25. The van der Waals surface area contributed by atoms with Gasteiger partial charge in [-0.3, -0.25) is 0 Å². The van der Waals surface area contributed by atoms with Gasteiger partial charge in [0, 0.05) is 6.42 Å². The van der Waals surface area contributed by atoms with Gasteiger partial charge in [0.25, 0.3) is 0 Å². The lowest BCUT2D eigenvalue weighted by Gasteiger charge is -2.10. The Morgan fingerprint density at radius 2 is 1.81 bits per heavy atom. The summed E-state index contributed by atoms with van der Waals surface area (Å²) in [4.78, 5) is 11.2. The number of hydrogen-bond donors (Lipinski definition) is 1. The van der Waals surface area contributed by atoms with Crippen molar-refractivity contribution in [1.29, 1.82) is 0 Å². The van der Waals surface area contributed by atoms with Crippen molar-refractivity contribution in [2.45, 2.75) is 19.1 Å². The molecule has 0 saturated heterocycles. The van der Waals surface area contributed by atoms with E-state index in [0.717, 1.165) is 11.1 Å². The minimum Gasteiger partial charge on any atom is -0.489 e. The Hall–Kier alpha value is -2.33. The van der Waals surface area contributed by atoms with Crippen LogP contribution in [-0.4, -0.2) is 24.3 Å². The number of aliphatic hydroxyl groups excluding tert-OH is 1. The predicted octanol–water partition coefficient (Wildman–Crippen LogP) is 2.34. The first-order chi connectivity index (χ1) is 10.2. The van der Waals surface area contributed by atoms with Gasteiger partial charge in [-0.25, -0.2) is 4.79 Å². The van der Waals surface area contributed by atoms with Crippen LogP contribution in [0.4, 0.5) is 0 Å². The van der Waals surface area contributed by atoms with E-state index in [4.69, 9.17) is 4.74 Å². The molecule has 110 valence electrons. The van der Waals surface area contributed by atoms with Crippen LogP contribution in [0.15, 0.2) is 54.6 Å². The largest absolute Gasteiger partial charge is 0.489 e. The third-order valence-electron chi connectivity index (χ3n) is 3.05. The van der Waals surface area contributed by atoms with Gasteiger partial charge in [0.05, 0.1) is 7.11 Å². The Bertz CT molecular complexity index is 580. The van der Waals surface area contributed by atoms with E-state index in [-0.39, 0.29) is 6.42 Å². The number of carbonyl (C=O) groups excluding carboxylic acids is 1. The molecule has 0 amide bonds. The maximum Gasteiger partial charge on any atom is 0.335 e. The lowest BCUT2D eigenvalue weighted by atomic mass is 10.1. The number of aliphatic hydroxyl groups is 1. The van der Waals surface area contributed by atoms with Crippen LogP contribution < -0.4 is 4.74 Å². The summed E-state index contributed by atoms with van der Waals surface area (Å²) >= 11 is 0. The van der Waals surface area contributed by atoms with Crippen LogP contribution in [0.5, 0.6) is 5.75 Å². The fraction of sp³-hybridized carbons (Fsp3) is 0.235. The molecule has 0 aromatic heterocycles. The minimum absolute atomic E-state index is 0.204. The normalized spacial score (nSPS) is 11.7. The van der Waals surface area contributed by atoms with E-state index in [0.29, 0.717) is 12.4 Å². The molecule has 0 radical (unpaired) electrons. The summed E-state index contributed by atoms with van der Waals surface area (Å²) in [6, 6.07) is 17.2. The van der Waals surface area contributed by atoms with Crippen molar-refractivity contribution in [2.24, 2.45) is 0 Å². The Morgan fingerprint density at radius 3 is 2.52 bits per heavy atom. The predicted molar refractivity (Wildman–Crippen MR) is 78.9 cm³/mol. The Morgan fingerprint density at radius 1 is 1.10 bits per heavy atom. The first kappa shape index (κ1) is 15.1. The van der Waals surface area contributed by atoms with Gasteiger partial charge in [-0.1, -0.05) is 42.5 Å². The molecular weight excluding hydrogens is 268 g/mol. The highest BCUT2D eigenvalue weighted by atomic mass is 16.5. The fourth-order valence-corrected chi connectivity index (χ4v) is 1.95. The molecule has 0 aliphatic rings. The average molecular weight is 286 g/mol. The number of carbonyl (C=O) groups is 1. The van der Waals surface area contributed by atoms with E-state index < -0.39 is 12.1 Å². The highest BCUT2D eigenvalue weighted by Gasteiger charge is 2.15. The molecular formula is C17H18O4. The molecule has 4 heteroatoms. The first-order valence-electron chi connectivity index (χ1n) is 6.70. The molecule has 0 aliphatic carbocycles. The van der Waals surface area contributed by atoms with Crippen molar-refractivity contribution in [3.8, 4) is 5.75 Å².